The molecule has 5 rings (SSSR count). The molecule has 196 valence electrons. The van der Waals surface area contributed by atoms with E-state index in [9.17, 15) is 9.18 Å². The number of amides is 1. The minimum absolute atomic E-state index is 0.118. The molecule has 3 aromatic heterocycles. The highest BCUT2D eigenvalue weighted by molar-refractivity contribution is 6.30. The first-order valence-corrected chi connectivity index (χ1v) is 12.6. The van der Waals surface area contributed by atoms with Gasteiger partial charge >= 0.3 is 6.09 Å². The molecule has 9 nitrogen and oxygen atoms in total. The Kier molecular flexibility index (Phi) is 6.26. The zero-order valence-corrected chi connectivity index (χ0v) is 22.0. The maximum absolute atomic E-state index is 14.3. The molecule has 5 heterocycles. The molecule has 2 aliphatic heterocycles. The van der Waals surface area contributed by atoms with Crippen LogP contribution in [0.3, 0.4) is 0 Å². The highest BCUT2D eigenvalue weighted by Crippen LogP contribution is 2.44. The van der Waals surface area contributed by atoms with Crippen molar-refractivity contribution < 1.29 is 18.7 Å². The smallest absolute Gasteiger partial charge is 0.410 e. The summed E-state index contributed by atoms with van der Waals surface area (Å²) in [4.78, 5) is 22.8. The lowest BCUT2D eigenvalue weighted by molar-refractivity contribution is 0.0284. The number of carbonyl (C=O) groups is 1. The molecule has 1 amide bonds. The largest absolute Gasteiger partial charge is 0.480 e. The van der Waals surface area contributed by atoms with Crippen molar-refractivity contribution in [3.05, 3.63) is 52.8 Å². The summed E-state index contributed by atoms with van der Waals surface area (Å²) in [6.07, 6.45) is 3.77. The van der Waals surface area contributed by atoms with Crippen molar-refractivity contribution in [3.8, 4) is 17.0 Å². The third-order valence-corrected chi connectivity index (χ3v) is 7.04. The van der Waals surface area contributed by atoms with Crippen LogP contribution in [0.1, 0.15) is 58.0 Å². The van der Waals surface area contributed by atoms with E-state index in [0.29, 0.717) is 18.8 Å². The van der Waals surface area contributed by atoms with E-state index in [1.54, 1.807) is 24.1 Å². The average molecular weight is 529 g/mol. The van der Waals surface area contributed by atoms with Crippen molar-refractivity contribution in [2.24, 2.45) is 0 Å². The summed E-state index contributed by atoms with van der Waals surface area (Å²) in [6.45, 7) is 9.29. The summed E-state index contributed by atoms with van der Waals surface area (Å²) in [5.41, 5.74) is 8.03. The summed E-state index contributed by atoms with van der Waals surface area (Å²) in [5, 5.41) is 5.01. The van der Waals surface area contributed by atoms with Crippen molar-refractivity contribution in [1.82, 2.24) is 24.6 Å². The van der Waals surface area contributed by atoms with E-state index in [0.717, 1.165) is 36.3 Å². The van der Waals surface area contributed by atoms with E-state index in [2.05, 4.69) is 9.97 Å². The van der Waals surface area contributed by atoms with Gasteiger partial charge < -0.3 is 20.1 Å². The van der Waals surface area contributed by atoms with Crippen LogP contribution in [0.4, 0.5) is 15.0 Å². The van der Waals surface area contributed by atoms with E-state index >= 15 is 0 Å². The lowest BCUT2D eigenvalue weighted by atomic mass is 9.82. The highest BCUT2D eigenvalue weighted by Gasteiger charge is 2.47. The van der Waals surface area contributed by atoms with E-state index in [-0.39, 0.29) is 28.0 Å². The van der Waals surface area contributed by atoms with Crippen molar-refractivity contribution in [2.45, 2.75) is 64.2 Å². The molecule has 37 heavy (non-hydrogen) atoms. The fourth-order valence-electron chi connectivity index (χ4n) is 5.03. The number of aryl methyl sites for hydroxylation is 1. The van der Waals surface area contributed by atoms with Crippen molar-refractivity contribution >= 4 is 23.5 Å². The third-order valence-electron chi connectivity index (χ3n) is 6.83. The molecule has 0 aliphatic carbocycles. The van der Waals surface area contributed by atoms with E-state index in [1.807, 2.05) is 31.5 Å². The molecule has 0 radical (unpaired) electrons. The van der Waals surface area contributed by atoms with Crippen LogP contribution >= 0.6 is 11.6 Å². The topological polar surface area (TPSA) is 108 Å². The predicted octanol–water partition coefficient (Wildman–Crippen LogP) is 5.14. The first-order valence-electron chi connectivity index (χ1n) is 12.2. The van der Waals surface area contributed by atoms with Crippen LogP contribution in [0.5, 0.6) is 5.75 Å². The predicted molar refractivity (Wildman–Crippen MR) is 137 cm³/mol. The van der Waals surface area contributed by atoms with Crippen molar-refractivity contribution in [2.75, 3.05) is 18.8 Å². The van der Waals surface area contributed by atoms with E-state index < -0.39 is 17.5 Å². The molecule has 1 spiro atoms. The number of fused-ring (bicyclic) bond motifs is 2. The van der Waals surface area contributed by atoms with Crippen LogP contribution in [-0.4, -0.2) is 49.4 Å². The second-order valence-electron chi connectivity index (χ2n) is 10.7. The van der Waals surface area contributed by atoms with E-state index in [1.165, 1.54) is 12.3 Å². The van der Waals surface area contributed by atoms with Gasteiger partial charge in [0.05, 0.1) is 10.7 Å². The number of carbonyl (C=O) groups excluding carboxylic acids is 1. The SMILES string of the molecule is CC(Oc1cc(-c2cc3n(n2)CCC32CCN(C(=O)OC(C)(C)C)C2)cnc1N)c1ncc(Cl)cc1F. The standard InChI is InChI=1S/C26H30ClFN6O3/c1-15(22-18(28)10-17(27)13-30-22)36-20-9-16(12-31-23(20)29)19-11-21-26(6-8-34(21)32-19)5-7-33(14-26)24(35)37-25(2,3)4/h9-13,15H,5-8,14H2,1-4H3,(H2,29,31). The Morgan fingerprint density at radius 1 is 1.19 bits per heavy atom. The van der Waals surface area contributed by atoms with Crippen LogP contribution < -0.4 is 10.5 Å². The molecule has 2 unspecified atom stereocenters. The molecular formula is C26H30ClFN6O3. The van der Waals surface area contributed by atoms with Gasteiger partial charge in [-0.2, -0.15) is 5.10 Å². The Morgan fingerprint density at radius 3 is 2.68 bits per heavy atom. The summed E-state index contributed by atoms with van der Waals surface area (Å²) in [6, 6.07) is 4.99. The maximum Gasteiger partial charge on any atom is 0.410 e. The van der Waals surface area contributed by atoms with Crippen LogP contribution in [0.2, 0.25) is 5.02 Å². The number of nitrogen functional groups attached to an aromatic ring is 1. The second-order valence-corrected chi connectivity index (χ2v) is 11.1. The monoisotopic (exact) mass is 528 g/mol. The Morgan fingerprint density at radius 2 is 1.95 bits per heavy atom. The average Bonchev–Trinajstić information content (AvgIpc) is 3.51. The van der Waals surface area contributed by atoms with Crippen molar-refractivity contribution in [3.63, 3.8) is 0 Å². The van der Waals surface area contributed by atoms with Gasteiger partial charge in [0.25, 0.3) is 0 Å². The summed E-state index contributed by atoms with van der Waals surface area (Å²) in [7, 11) is 0. The number of nitrogens with two attached hydrogens (primary N) is 1. The number of halogens is 2. The molecule has 1 saturated heterocycles. The van der Waals surface area contributed by atoms with Gasteiger partial charge in [-0.3, -0.25) is 9.67 Å². The molecule has 3 aromatic rings. The quantitative estimate of drug-likeness (QED) is 0.499. The zero-order chi connectivity index (χ0) is 26.5. The van der Waals surface area contributed by atoms with Gasteiger partial charge in [-0.15, -0.1) is 0 Å². The minimum atomic E-state index is -0.718. The Bertz CT molecular complexity index is 1360. The number of anilines is 1. The summed E-state index contributed by atoms with van der Waals surface area (Å²) >= 11 is 5.81. The molecule has 0 bridgehead atoms. The van der Waals surface area contributed by atoms with Gasteiger partial charge in [-0.1, -0.05) is 11.6 Å². The Balaban J connectivity index is 1.36. The lowest BCUT2D eigenvalue weighted by Gasteiger charge is -2.26. The fourth-order valence-corrected chi connectivity index (χ4v) is 5.18. The van der Waals surface area contributed by atoms with Crippen molar-refractivity contribution in [1.29, 1.82) is 0 Å². The third kappa shape index (κ3) is 4.94. The van der Waals surface area contributed by atoms with Gasteiger partial charge in [-0.05, 0) is 58.7 Å². The number of nitrogens with zero attached hydrogens (tertiary/aromatic N) is 5. The van der Waals surface area contributed by atoms with Gasteiger partial charge in [0.1, 0.15) is 23.2 Å². The number of rotatable bonds is 4. The highest BCUT2D eigenvalue weighted by atomic mass is 35.5. The molecule has 1 fully saturated rings. The number of hydrogen-bond acceptors (Lipinski definition) is 7. The molecule has 2 aliphatic rings. The number of likely N-dealkylation sites (tertiary alicyclic amines) is 1. The van der Waals surface area contributed by atoms with Gasteiger partial charge in [-0.25, -0.2) is 14.2 Å². The van der Waals surface area contributed by atoms with Crippen LogP contribution in [0.25, 0.3) is 11.3 Å². The molecule has 0 saturated carbocycles. The van der Waals surface area contributed by atoms with Crippen LogP contribution in [0, 0.1) is 5.82 Å². The Hall–Kier alpha value is -3.40. The number of ether oxygens (including phenoxy) is 2. The zero-order valence-electron chi connectivity index (χ0n) is 21.3. The summed E-state index contributed by atoms with van der Waals surface area (Å²) in [5.74, 6) is -0.0755. The summed E-state index contributed by atoms with van der Waals surface area (Å²) < 4.78 is 27.8. The van der Waals surface area contributed by atoms with Gasteiger partial charge in [0.15, 0.2) is 11.6 Å². The number of aromatic nitrogens is 4. The van der Waals surface area contributed by atoms with Crippen LogP contribution in [0.15, 0.2) is 30.6 Å². The lowest BCUT2D eigenvalue weighted by Crippen LogP contribution is -2.37. The number of hydrogen-bond donors (Lipinski definition) is 1. The van der Waals surface area contributed by atoms with Gasteiger partial charge in [0, 0.05) is 48.7 Å². The van der Waals surface area contributed by atoms with E-state index in [4.69, 9.17) is 31.9 Å². The fraction of sp³-hybridized carbons (Fsp3) is 0.462. The maximum atomic E-state index is 14.3. The second kappa shape index (κ2) is 9.16. The first kappa shape index (κ1) is 25.3. The number of pyridine rings is 2. The van der Waals surface area contributed by atoms with Gasteiger partial charge in [0.2, 0.25) is 0 Å². The minimum Gasteiger partial charge on any atom is -0.480 e. The Labute approximate surface area is 219 Å². The molecule has 0 aromatic carbocycles. The van der Waals surface area contributed by atoms with Crippen LogP contribution in [-0.2, 0) is 16.7 Å². The molecular weight excluding hydrogens is 499 g/mol. The molecule has 11 heteroatoms. The normalized spacial score (nSPS) is 19.8. The molecule has 2 N–H and O–H groups in total. The first-order chi connectivity index (χ1) is 17.4. The molecule has 2 atom stereocenters.